The molecule has 0 unspecified atom stereocenters. The first-order chi connectivity index (χ1) is 11.3. The van der Waals surface area contributed by atoms with Gasteiger partial charge in [0.2, 0.25) is 0 Å². The molecule has 0 atom stereocenters. The molecule has 0 bridgehead atoms. The number of anilines is 1. The third kappa shape index (κ3) is 4.63. The molecule has 2 aromatic carbocycles. The second-order valence-corrected chi connectivity index (χ2v) is 6.51. The summed E-state index contributed by atoms with van der Waals surface area (Å²) in [5.41, 5.74) is 5.23. The number of nitrogens with two attached hydrogens (primary N) is 1. The fourth-order valence-electron chi connectivity index (χ4n) is 2.52. The van der Waals surface area contributed by atoms with Crippen LogP contribution in [0.15, 0.2) is 66.9 Å². The topological polar surface area (TPSA) is 54.2 Å². The highest BCUT2D eigenvalue weighted by Gasteiger charge is 2.10. The van der Waals surface area contributed by atoms with Crippen LogP contribution in [-0.4, -0.2) is 9.88 Å². The summed E-state index contributed by atoms with van der Waals surface area (Å²) in [4.78, 5) is 7.87. The number of aromatic nitrogens is 1. The molecule has 3 N–H and O–H groups in total. The molecule has 0 aliphatic heterocycles. The van der Waals surface area contributed by atoms with Crippen molar-refractivity contribution >= 4 is 16.5 Å². The van der Waals surface area contributed by atoms with Crippen molar-refractivity contribution in [3.05, 3.63) is 82.9 Å². The first-order valence-corrected chi connectivity index (χ1v) is 8.36. The Morgan fingerprint density at radius 3 is 1.91 bits per heavy atom. The highest BCUT2D eigenvalue weighted by atomic mass is 32.1. The van der Waals surface area contributed by atoms with Crippen molar-refractivity contribution < 1.29 is 0 Å². The number of benzene rings is 2. The zero-order chi connectivity index (χ0) is 15.9. The molecule has 23 heavy (non-hydrogen) atoms. The van der Waals surface area contributed by atoms with E-state index in [0.717, 1.165) is 24.8 Å². The molecule has 0 fully saturated rings. The number of nitrogens with one attached hydrogen (secondary N) is 1. The lowest BCUT2D eigenvalue weighted by molar-refractivity contribution is 0.250. The minimum absolute atomic E-state index is 0.749. The highest BCUT2D eigenvalue weighted by molar-refractivity contribution is 7.15. The molecule has 0 saturated carbocycles. The van der Waals surface area contributed by atoms with Crippen molar-refractivity contribution in [3.63, 3.8) is 0 Å². The lowest BCUT2D eigenvalue weighted by Gasteiger charge is -2.22. The van der Waals surface area contributed by atoms with Crippen LogP contribution in [0.1, 0.15) is 16.0 Å². The van der Waals surface area contributed by atoms with E-state index in [1.807, 2.05) is 18.3 Å². The second-order valence-electron chi connectivity index (χ2n) is 5.39. The maximum atomic E-state index is 5.43. The summed E-state index contributed by atoms with van der Waals surface area (Å²) in [7, 11) is 0. The smallest absolute Gasteiger partial charge is 0.197 e. The van der Waals surface area contributed by atoms with E-state index in [1.165, 1.54) is 16.0 Å². The standard InChI is InChI=1S/C18H20N4S/c19-21-18-20-11-17(23-18)14-22(12-15-7-3-1-4-8-15)13-16-9-5-2-6-10-16/h1-11H,12-14,19H2,(H,20,21). The van der Waals surface area contributed by atoms with Crippen LogP contribution >= 0.6 is 11.3 Å². The maximum absolute atomic E-state index is 5.43. The number of thiazole rings is 1. The van der Waals surface area contributed by atoms with E-state index in [4.69, 9.17) is 5.84 Å². The number of hydrogen-bond acceptors (Lipinski definition) is 5. The summed E-state index contributed by atoms with van der Waals surface area (Å²) in [5.74, 6) is 5.43. The molecule has 118 valence electrons. The largest absolute Gasteiger partial charge is 0.300 e. The van der Waals surface area contributed by atoms with Gasteiger partial charge in [-0.3, -0.25) is 10.3 Å². The van der Waals surface area contributed by atoms with Gasteiger partial charge < -0.3 is 0 Å². The van der Waals surface area contributed by atoms with Crippen LogP contribution < -0.4 is 11.3 Å². The van der Waals surface area contributed by atoms with Gasteiger partial charge in [0.1, 0.15) is 0 Å². The second kappa shape index (κ2) is 7.87. The Labute approximate surface area is 140 Å². The Morgan fingerprint density at radius 1 is 0.870 bits per heavy atom. The molecule has 0 radical (unpaired) electrons. The molecule has 5 heteroatoms. The lowest BCUT2D eigenvalue weighted by Crippen LogP contribution is -2.21. The first-order valence-electron chi connectivity index (χ1n) is 7.55. The predicted octanol–water partition coefficient (Wildman–Crippen LogP) is 3.63. The third-order valence-corrected chi connectivity index (χ3v) is 4.47. The molecule has 1 heterocycles. The van der Waals surface area contributed by atoms with Crippen molar-refractivity contribution in [1.82, 2.24) is 9.88 Å². The number of hydrogen-bond donors (Lipinski definition) is 2. The van der Waals surface area contributed by atoms with Crippen LogP contribution in [0, 0.1) is 0 Å². The summed E-state index contributed by atoms with van der Waals surface area (Å²) in [5, 5.41) is 0.749. The van der Waals surface area contributed by atoms with E-state index in [9.17, 15) is 0 Å². The molecule has 3 aromatic rings. The van der Waals surface area contributed by atoms with Crippen LogP contribution in [0.4, 0.5) is 5.13 Å². The van der Waals surface area contributed by atoms with E-state index in [2.05, 4.69) is 63.8 Å². The van der Waals surface area contributed by atoms with E-state index in [-0.39, 0.29) is 0 Å². The average Bonchev–Trinajstić information content (AvgIpc) is 3.04. The van der Waals surface area contributed by atoms with Gasteiger partial charge >= 0.3 is 0 Å². The van der Waals surface area contributed by atoms with Crippen LogP contribution in [0.3, 0.4) is 0 Å². The van der Waals surface area contributed by atoms with Gasteiger partial charge in [0.15, 0.2) is 5.13 Å². The van der Waals surface area contributed by atoms with Crippen molar-refractivity contribution in [1.29, 1.82) is 0 Å². The van der Waals surface area contributed by atoms with Crippen molar-refractivity contribution in [3.8, 4) is 0 Å². The highest BCUT2D eigenvalue weighted by Crippen LogP contribution is 2.21. The van der Waals surface area contributed by atoms with E-state index in [0.29, 0.717) is 0 Å². The summed E-state index contributed by atoms with van der Waals surface area (Å²) in [6.07, 6.45) is 1.89. The molecule has 0 aliphatic rings. The van der Waals surface area contributed by atoms with Crippen LogP contribution in [0.2, 0.25) is 0 Å². The van der Waals surface area contributed by atoms with Crippen LogP contribution in [-0.2, 0) is 19.6 Å². The summed E-state index contributed by atoms with van der Waals surface area (Å²) >= 11 is 1.59. The minimum Gasteiger partial charge on any atom is -0.300 e. The van der Waals surface area contributed by atoms with Gasteiger partial charge in [0.05, 0.1) is 0 Å². The SMILES string of the molecule is NNc1ncc(CN(Cc2ccccc2)Cc2ccccc2)s1. The number of nitrogen functional groups attached to an aromatic ring is 1. The number of nitrogens with zero attached hydrogens (tertiary/aromatic N) is 2. The van der Waals surface area contributed by atoms with Crippen LogP contribution in [0.25, 0.3) is 0 Å². The van der Waals surface area contributed by atoms with Crippen molar-refractivity contribution in [2.24, 2.45) is 5.84 Å². The molecule has 0 saturated heterocycles. The minimum atomic E-state index is 0.749. The first kappa shape index (κ1) is 15.7. The fourth-order valence-corrected chi connectivity index (χ4v) is 3.28. The Hall–Kier alpha value is -2.21. The lowest BCUT2D eigenvalue weighted by atomic mass is 10.1. The zero-order valence-electron chi connectivity index (χ0n) is 12.9. The normalized spacial score (nSPS) is 10.9. The number of hydrazine groups is 1. The van der Waals surface area contributed by atoms with E-state index < -0.39 is 0 Å². The Bertz CT molecular complexity index is 671. The van der Waals surface area contributed by atoms with Gasteiger partial charge in [-0.2, -0.15) is 0 Å². The van der Waals surface area contributed by atoms with Crippen LogP contribution in [0.5, 0.6) is 0 Å². The number of rotatable bonds is 7. The quantitative estimate of drug-likeness (QED) is 0.515. The molecule has 0 aliphatic carbocycles. The Balaban J connectivity index is 1.74. The van der Waals surface area contributed by atoms with Gasteiger partial charge in [-0.05, 0) is 11.1 Å². The summed E-state index contributed by atoms with van der Waals surface area (Å²) in [6.45, 7) is 2.65. The van der Waals surface area contributed by atoms with Crippen molar-refractivity contribution in [2.45, 2.75) is 19.6 Å². The molecular weight excluding hydrogens is 304 g/mol. The average molecular weight is 324 g/mol. The maximum Gasteiger partial charge on any atom is 0.197 e. The molecule has 4 nitrogen and oxygen atoms in total. The predicted molar refractivity (Wildman–Crippen MR) is 95.8 cm³/mol. The van der Waals surface area contributed by atoms with E-state index in [1.54, 1.807) is 11.3 Å². The summed E-state index contributed by atoms with van der Waals surface area (Å²) < 4.78 is 0. The Morgan fingerprint density at radius 2 is 1.43 bits per heavy atom. The van der Waals surface area contributed by atoms with Gasteiger partial charge in [-0.15, -0.1) is 0 Å². The third-order valence-electron chi connectivity index (χ3n) is 3.55. The van der Waals surface area contributed by atoms with E-state index >= 15 is 0 Å². The van der Waals surface area contributed by atoms with Crippen molar-refractivity contribution in [2.75, 3.05) is 5.43 Å². The zero-order valence-corrected chi connectivity index (χ0v) is 13.7. The van der Waals surface area contributed by atoms with Gasteiger partial charge in [0.25, 0.3) is 0 Å². The fraction of sp³-hybridized carbons (Fsp3) is 0.167. The molecular formula is C18H20N4S. The molecule has 0 amide bonds. The molecule has 0 spiro atoms. The van der Waals surface area contributed by atoms with Gasteiger partial charge in [0, 0.05) is 30.7 Å². The monoisotopic (exact) mass is 324 g/mol. The van der Waals surface area contributed by atoms with Gasteiger partial charge in [-0.25, -0.2) is 10.8 Å². The van der Waals surface area contributed by atoms with Gasteiger partial charge in [-0.1, -0.05) is 72.0 Å². The molecule has 1 aromatic heterocycles. The Kier molecular flexibility index (Phi) is 5.37. The summed E-state index contributed by atoms with van der Waals surface area (Å²) in [6, 6.07) is 21.1. The molecule has 3 rings (SSSR count).